The average Bonchev–Trinajstić information content (AvgIpc) is 3.17. The lowest BCUT2D eigenvalue weighted by Crippen LogP contribution is -2.33. The first-order chi connectivity index (χ1) is 11.1. The molecule has 1 amide bonds. The van der Waals surface area contributed by atoms with Gasteiger partial charge in [0.1, 0.15) is 6.61 Å². The number of carbonyl (C=O) groups is 1. The minimum Gasteiger partial charge on any atom is -0.367 e. The zero-order valence-electron chi connectivity index (χ0n) is 13.1. The molecule has 0 aliphatic carbocycles. The van der Waals surface area contributed by atoms with Gasteiger partial charge in [0.05, 0.1) is 18.8 Å². The van der Waals surface area contributed by atoms with E-state index in [1.165, 1.54) is 0 Å². The van der Waals surface area contributed by atoms with Crippen LogP contribution in [0.4, 0.5) is 0 Å². The van der Waals surface area contributed by atoms with E-state index < -0.39 is 0 Å². The second-order valence-electron chi connectivity index (χ2n) is 5.78. The zero-order chi connectivity index (χ0) is 16.2. The van der Waals surface area contributed by atoms with Crippen molar-refractivity contribution in [3.8, 4) is 0 Å². The number of ether oxygens (including phenoxy) is 1. The van der Waals surface area contributed by atoms with Crippen LogP contribution >= 0.6 is 11.6 Å². The van der Waals surface area contributed by atoms with E-state index in [9.17, 15) is 4.79 Å². The van der Waals surface area contributed by atoms with E-state index in [1.54, 1.807) is 4.68 Å². The molecular weight excluding hydrogens is 314 g/mol. The summed E-state index contributed by atoms with van der Waals surface area (Å²) in [5.41, 5.74) is 1.98. The van der Waals surface area contributed by atoms with Crippen molar-refractivity contribution >= 4 is 17.5 Å². The summed E-state index contributed by atoms with van der Waals surface area (Å²) in [6, 6.07) is 7.62. The molecule has 1 saturated heterocycles. The highest BCUT2D eigenvalue weighted by Gasteiger charge is 2.30. The van der Waals surface area contributed by atoms with Crippen molar-refractivity contribution in [1.82, 2.24) is 14.7 Å². The molecule has 1 aromatic carbocycles. The molecule has 1 aliphatic rings. The third-order valence-electron chi connectivity index (χ3n) is 4.12. The molecule has 0 unspecified atom stereocenters. The van der Waals surface area contributed by atoms with Crippen LogP contribution in [0.25, 0.3) is 0 Å². The molecule has 122 valence electrons. The average molecular weight is 334 g/mol. The van der Waals surface area contributed by atoms with Gasteiger partial charge in [0.2, 0.25) is 5.91 Å². The van der Waals surface area contributed by atoms with E-state index in [4.69, 9.17) is 16.3 Å². The molecule has 0 radical (unpaired) electrons. The molecule has 2 aromatic rings. The Balaban J connectivity index is 1.56. The number of halogens is 1. The first kappa shape index (κ1) is 16.0. The third-order valence-corrected chi connectivity index (χ3v) is 4.49. The highest BCUT2D eigenvalue weighted by atomic mass is 35.5. The zero-order valence-corrected chi connectivity index (χ0v) is 13.9. The summed E-state index contributed by atoms with van der Waals surface area (Å²) in [5, 5.41) is 4.86. The van der Waals surface area contributed by atoms with Gasteiger partial charge < -0.3 is 9.64 Å². The molecule has 23 heavy (non-hydrogen) atoms. The second-order valence-corrected chi connectivity index (χ2v) is 6.18. The quantitative estimate of drug-likeness (QED) is 0.845. The Morgan fingerprint density at radius 1 is 1.43 bits per heavy atom. The van der Waals surface area contributed by atoms with Crippen molar-refractivity contribution in [3.05, 3.63) is 52.8 Å². The molecule has 3 rings (SSSR count). The van der Waals surface area contributed by atoms with Crippen LogP contribution in [-0.2, 0) is 23.2 Å². The first-order valence-electron chi connectivity index (χ1n) is 7.74. The molecule has 0 bridgehead atoms. The monoisotopic (exact) mass is 333 g/mol. The topological polar surface area (TPSA) is 47.4 Å². The van der Waals surface area contributed by atoms with Gasteiger partial charge in [-0.2, -0.15) is 5.10 Å². The van der Waals surface area contributed by atoms with E-state index in [-0.39, 0.29) is 18.6 Å². The van der Waals surface area contributed by atoms with Crippen LogP contribution in [0.2, 0.25) is 5.02 Å². The summed E-state index contributed by atoms with van der Waals surface area (Å²) < 4.78 is 7.34. The number of hydrogen-bond acceptors (Lipinski definition) is 3. The second kappa shape index (κ2) is 7.15. The number of aryl methyl sites for hydroxylation is 1. The molecule has 2 heterocycles. The van der Waals surface area contributed by atoms with E-state index in [2.05, 4.69) is 5.10 Å². The van der Waals surface area contributed by atoms with Gasteiger partial charge in [0.25, 0.3) is 0 Å². The lowest BCUT2D eigenvalue weighted by molar-refractivity contribution is -0.137. The summed E-state index contributed by atoms with van der Waals surface area (Å²) in [7, 11) is 1.89. The predicted octanol–water partition coefficient (Wildman–Crippen LogP) is 2.95. The van der Waals surface area contributed by atoms with Crippen LogP contribution in [0.15, 0.2) is 36.7 Å². The molecule has 0 saturated carbocycles. The van der Waals surface area contributed by atoms with Gasteiger partial charge in [-0.1, -0.05) is 29.8 Å². The molecule has 1 fully saturated rings. The number of hydrogen-bond donors (Lipinski definition) is 0. The van der Waals surface area contributed by atoms with Crippen molar-refractivity contribution in [1.29, 1.82) is 0 Å². The Kier molecular flexibility index (Phi) is 4.98. The first-order valence-corrected chi connectivity index (χ1v) is 8.12. The number of nitrogens with zero attached hydrogens (tertiary/aromatic N) is 3. The summed E-state index contributed by atoms with van der Waals surface area (Å²) in [5.74, 6) is 0.0170. The standard InChI is InChI=1S/C17H20ClN3O2/c1-20-10-14(9-19-20)16-7-4-8-21(16)17(22)12-23-11-13-5-2-3-6-15(13)18/h2-3,5-6,9-10,16H,4,7-8,11-12H2,1H3/t16-/m0/s1. The molecule has 0 spiro atoms. The molecular formula is C17H20ClN3O2. The Morgan fingerprint density at radius 3 is 3.00 bits per heavy atom. The maximum atomic E-state index is 12.5. The number of amides is 1. The highest BCUT2D eigenvalue weighted by Crippen LogP contribution is 2.31. The normalized spacial score (nSPS) is 17.7. The Bertz CT molecular complexity index is 686. The van der Waals surface area contributed by atoms with Crippen molar-refractivity contribution in [2.75, 3.05) is 13.2 Å². The molecule has 1 aliphatic heterocycles. The number of rotatable bonds is 5. The third kappa shape index (κ3) is 3.74. The molecule has 6 heteroatoms. The van der Waals surface area contributed by atoms with Crippen LogP contribution in [0, 0.1) is 0 Å². The van der Waals surface area contributed by atoms with Crippen molar-refractivity contribution in [2.24, 2.45) is 7.05 Å². The molecule has 5 nitrogen and oxygen atoms in total. The van der Waals surface area contributed by atoms with Crippen LogP contribution in [-0.4, -0.2) is 33.7 Å². The smallest absolute Gasteiger partial charge is 0.249 e. The van der Waals surface area contributed by atoms with Gasteiger partial charge in [-0.25, -0.2) is 0 Å². The van der Waals surface area contributed by atoms with E-state index in [1.807, 2.05) is 48.6 Å². The highest BCUT2D eigenvalue weighted by molar-refractivity contribution is 6.31. The fraction of sp³-hybridized carbons (Fsp3) is 0.412. The van der Waals surface area contributed by atoms with E-state index >= 15 is 0 Å². The minimum absolute atomic E-state index is 0.0170. The molecule has 1 aromatic heterocycles. The number of carbonyl (C=O) groups excluding carboxylic acids is 1. The van der Waals surface area contributed by atoms with Crippen molar-refractivity contribution < 1.29 is 9.53 Å². The summed E-state index contributed by atoms with van der Waals surface area (Å²) >= 11 is 6.09. The maximum Gasteiger partial charge on any atom is 0.249 e. The van der Waals surface area contributed by atoms with Crippen LogP contribution in [0.1, 0.15) is 30.0 Å². The lowest BCUT2D eigenvalue weighted by Gasteiger charge is -2.23. The molecule has 1 atom stereocenters. The van der Waals surface area contributed by atoms with Gasteiger partial charge in [0, 0.05) is 30.4 Å². The summed E-state index contributed by atoms with van der Waals surface area (Å²) in [6.45, 7) is 1.19. The number of aromatic nitrogens is 2. The molecule has 0 N–H and O–H groups in total. The fourth-order valence-electron chi connectivity index (χ4n) is 2.97. The Morgan fingerprint density at radius 2 is 2.26 bits per heavy atom. The van der Waals surface area contributed by atoms with Crippen LogP contribution < -0.4 is 0 Å². The summed E-state index contributed by atoms with van der Waals surface area (Å²) in [4.78, 5) is 14.3. The Labute approximate surface area is 140 Å². The van der Waals surface area contributed by atoms with E-state index in [0.29, 0.717) is 11.6 Å². The van der Waals surface area contributed by atoms with Gasteiger partial charge in [0.15, 0.2) is 0 Å². The van der Waals surface area contributed by atoms with Gasteiger partial charge in [-0.05, 0) is 24.5 Å². The van der Waals surface area contributed by atoms with Gasteiger partial charge in [-0.15, -0.1) is 0 Å². The lowest BCUT2D eigenvalue weighted by atomic mass is 10.1. The van der Waals surface area contributed by atoms with E-state index in [0.717, 1.165) is 30.5 Å². The fourth-order valence-corrected chi connectivity index (χ4v) is 3.16. The predicted molar refractivity (Wildman–Crippen MR) is 88.0 cm³/mol. The SMILES string of the molecule is Cn1cc([C@@H]2CCCN2C(=O)COCc2ccccc2Cl)cn1. The van der Waals surface area contributed by atoms with Crippen LogP contribution in [0.5, 0.6) is 0 Å². The van der Waals surface area contributed by atoms with Crippen molar-refractivity contribution in [3.63, 3.8) is 0 Å². The number of benzene rings is 1. The summed E-state index contributed by atoms with van der Waals surface area (Å²) in [6.07, 6.45) is 5.79. The van der Waals surface area contributed by atoms with Gasteiger partial charge in [-0.3, -0.25) is 9.48 Å². The minimum atomic E-state index is 0.0170. The maximum absolute atomic E-state index is 12.5. The number of likely N-dealkylation sites (tertiary alicyclic amines) is 1. The Hall–Kier alpha value is -1.85. The van der Waals surface area contributed by atoms with Gasteiger partial charge >= 0.3 is 0 Å². The van der Waals surface area contributed by atoms with Crippen molar-refractivity contribution in [2.45, 2.75) is 25.5 Å². The van der Waals surface area contributed by atoms with Crippen LogP contribution in [0.3, 0.4) is 0 Å². The largest absolute Gasteiger partial charge is 0.367 e.